The van der Waals surface area contributed by atoms with Gasteiger partial charge in [0.25, 0.3) is 5.69 Å². The van der Waals surface area contributed by atoms with Crippen molar-refractivity contribution >= 4 is 17.7 Å². The maximum Gasteiger partial charge on any atom is 0.437 e. The highest BCUT2D eigenvalue weighted by atomic mass is 16.6. The Morgan fingerprint density at radius 1 is 0.793 bits per heavy atom. The second-order valence-corrected chi connectivity index (χ2v) is 6.04. The van der Waals surface area contributed by atoms with Gasteiger partial charge in [-0.3, -0.25) is 10.1 Å². The second kappa shape index (κ2) is 9.80. The van der Waals surface area contributed by atoms with Crippen LogP contribution in [0.3, 0.4) is 0 Å². The molecule has 3 aromatic carbocycles. The SMILES string of the molecule is O=C(/N=C(\OCc1ccccc1)c1ccccc1)OCc1ccc([N+](=O)[O-])cc1. The number of nitrogens with zero attached hydrogens (tertiary/aromatic N) is 2. The van der Waals surface area contributed by atoms with E-state index in [1.165, 1.54) is 24.3 Å². The number of non-ortho nitro benzene ring substituents is 1. The molecule has 3 rings (SSSR count). The van der Waals surface area contributed by atoms with E-state index in [1.54, 1.807) is 12.1 Å². The molecule has 0 heterocycles. The molecule has 0 fully saturated rings. The highest BCUT2D eigenvalue weighted by molar-refractivity contribution is 5.99. The first kappa shape index (κ1) is 19.8. The quantitative estimate of drug-likeness (QED) is 0.258. The van der Waals surface area contributed by atoms with E-state index in [4.69, 9.17) is 9.47 Å². The molecule has 0 saturated heterocycles. The van der Waals surface area contributed by atoms with Gasteiger partial charge in [0, 0.05) is 17.7 Å². The van der Waals surface area contributed by atoms with Gasteiger partial charge in [0.1, 0.15) is 13.2 Å². The number of nitro benzene ring substituents is 1. The molecule has 0 N–H and O–H groups in total. The number of amides is 1. The number of nitro groups is 1. The van der Waals surface area contributed by atoms with Gasteiger partial charge in [-0.2, -0.15) is 0 Å². The van der Waals surface area contributed by atoms with Gasteiger partial charge >= 0.3 is 6.09 Å². The van der Waals surface area contributed by atoms with Crippen LogP contribution < -0.4 is 0 Å². The summed E-state index contributed by atoms with van der Waals surface area (Å²) in [7, 11) is 0. The lowest BCUT2D eigenvalue weighted by atomic mass is 10.2. The van der Waals surface area contributed by atoms with E-state index in [1.807, 2.05) is 48.5 Å². The largest absolute Gasteiger partial charge is 0.472 e. The molecule has 7 nitrogen and oxygen atoms in total. The molecule has 7 heteroatoms. The molecule has 3 aromatic rings. The Hall–Kier alpha value is -4.00. The minimum absolute atomic E-state index is 0.0289. The van der Waals surface area contributed by atoms with Crippen molar-refractivity contribution < 1.29 is 19.2 Å². The number of carbonyl (C=O) groups is 1. The maximum absolute atomic E-state index is 12.2. The molecule has 146 valence electrons. The Labute approximate surface area is 167 Å². The van der Waals surface area contributed by atoms with Crippen LogP contribution in [0.2, 0.25) is 0 Å². The van der Waals surface area contributed by atoms with Crippen LogP contribution in [0.1, 0.15) is 16.7 Å². The summed E-state index contributed by atoms with van der Waals surface area (Å²) < 4.78 is 10.9. The summed E-state index contributed by atoms with van der Waals surface area (Å²) in [5.74, 6) is 0.156. The van der Waals surface area contributed by atoms with Crippen molar-refractivity contribution in [3.05, 3.63) is 112 Å². The summed E-state index contributed by atoms with van der Waals surface area (Å²) in [6, 6.07) is 24.3. The lowest BCUT2D eigenvalue weighted by Crippen LogP contribution is -2.11. The summed E-state index contributed by atoms with van der Waals surface area (Å²) in [4.78, 5) is 26.3. The van der Waals surface area contributed by atoms with Gasteiger partial charge in [0.2, 0.25) is 5.90 Å². The van der Waals surface area contributed by atoms with Gasteiger partial charge in [-0.15, -0.1) is 4.99 Å². The van der Waals surface area contributed by atoms with Crippen LogP contribution in [-0.4, -0.2) is 16.9 Å². The average molecular weight is 390 g/mol. The van der Waals surface area contributed by atoms with Crippen molar-refractivity contribution in [1.82, 2.24) is 0 Å². The van der Waals surface area contributed by atoms with Crippen molar-refractivity contribution in [2.75, 3.05) is 0 Å². The van der Waals surface area contributed by atoms with Crippen LogP contribution in [0, 0.1) is 10.1 Å². The summed E-state index contributed by atoms with van der Waals surface area (Å²) in [6.45, 7) is 0.200. The minimum atomic E-state index is -0.810. The molecule has 0 unspecified atom stereocenters. The summed E-state index contributed by atoms with van der Waals surface area (Å²) in [6.07, 6.45) is -0.810. The fraction of sp³-hybridized carbons (Fsp3) is 0.0909. The predicted molar refractivity (Wildman–Crippen MR) is 107 cm³/mol. The average Bonchev–Trinajstić information content (AvgIpc) is 2.76. The molecule has 0 bridgehead atoms. The molecule has 29 heavy (non-hydrogen) atoms. The number of aliphatic imine (C=N–C) groups is 1. The van der Waals surface area contributed by atoms with Crippen molar-refractivity contribution in [2.24, 2.45) is 4.99 Å². The number of hydrogen-bond donors (Lipinski definition) is 0. The molecular weight excluding hydrogens is 372 g/mol. The fourth-order valence-electron chi connectivity index (χ4n) is 2.46. The van der Waals surface area contributed by atoms with Gasteiger partial charge in [0.15, 0.2) is 0 Å². The maximum atomic E-state index is 12.2. The first-order valence-electron chi connectivity index (χ1n) is 8.83. The number of carbonyl (C=O) groups excluding carboxylic acids is 1. The third kappa shape index (κ3) is 6.00. The molecule has 0 aliphatic carbocycles. The van der Waals surface area contributed by atoms with Crippen molar-refractivity contribution in [2.45, 2.75) is 13.2 Å². The molecule has 0 aliphatic heterocycles. The normalized spacial score (nSPS) is 11.0. The summed E-state index contributed by atoms with van der Waals surface area (Å²) in [5, 5.41) is 10.7. The fourth-order valence-corrected chi connectivity index (χ4v) is 2.46. The number of ether oxygens (including phenoxy) is 2. The van der Waals surface area contributed by atoms with Gasteiger partial charge in [-0.25, -0.2) is 4.79 Å². The van der Waals surface area contributed by atoms with E-state index < -0.39 is 11.0 Å². The van der Waals surface area contributed by atoms with Crippen LogP contribution in [0.15, 0.2) is 89.9 Å². The van der Waals surface area contributed by atoms with E-state index in [-0.39, 0.29) is 24.8 Å². The lowest BCUT2D eigenvalue weighted by Gasteiger charge is -2.10. The van der Waals surface area contributed by atoms with Crippen LogP contribution in [-0.2, 0) is 22.7 Å². The molecule has 0 saturated carbocycles. The molecule has 0 aliphatic rings. The third-order valence-electron chi connectivity index (χ3n) is 3.94. The Bertz CT molecular complexity index is 987. The first-order chi connectivity index (χ1) is 14.1. The van der Waals surface area contributed by atoms with Gasteiger partial charge in [0.05, 0.1) is 4.92 Å². The molecule has 0 atom stereocenters. The summed E-state index contributed by atoms with van der Waals surface area (Å²) >= 11 is 0. The van der Waals surface area contributed by atoms with Gasteiger partial charge in [-0.05, 0) is 35.4 Å². The highest BCUT2D eigenvalue weighted by Crippen LogP contribution is 2.13. The van der Waals surface area contributed by atoms with E-state index >= 15 is 0 Å². The Kier molecular flexibility index (Phi) is 6.67. The standard InChI is InChI=1S/C22H18N2O5/c25-22(29-16-18-11-13-20(14-12-18)24(26)27)23-21(19-9-5-2-6-10-19)28-15-17-7-3-1-4-8-17/h1-14H,15-16H2/b23-21-. The second-order valence-electron chi connectivity index (χ2n) is 6.04. The first-order valence-corrected chi connectivity index (χ1v) is 8.83. The van der Waals surface area contributed by atoms with Crippen LogP contribution in [0.4, 0.5) is 10.5 Å². The third-order valence-corrected chi connectivity index (χ3v) is 3.94. The number of rotatable bonds is 6. The van der Waals surface area contributed by atoms with E-state index in [2.05, 4.69) is 4.99 Å². The smallest absolute Gasteiger partial charge is 0.437 e. The van der Waals surface area contributed by atoms with Crippen molar-refractivity contribution in [3.63, 3.8) is 0 Å². The number of hydrogen-bond acceptors (Lipinski definition) is 5. The van der Waals surface area contributed by atoms with Crippen LogP contribution in [0.25, 0.3) is 0 Å². The van der Waals surface area contributed by atoms with E-state index in [0.717, 1.165) is 5.56 Å². The molecule has 0 spiro atoms. The number of benzene rings is 3. The highest BCUT2D eigenvalue weighted by Gasteiger charge is 2.11. The predicted octanol–water partition coefficient (Wildman–Crippen LogP) is 4.90. The zero-order valence-corrected chi connectivity index (χ0v) is 15.4. The van der Waals surface area contributed by atoms with Crippen molar-refractivity contribution in [3.8, 4) is 0 Å². The van der Waals surface area contributed by atoms with Crippen LogP contribution in [0.5, 0.6) is 0 Å². The molecule has 1 amide bonds. The molecule has 0 radical (unpaired) electrons. The molecular formula is C22H18N2O5. The van der Waals surface area contributed by atoms with E-state index in [0.29, 0.717) is 11.1 Å². The minimum Gasteiger partial charge on any atom is -0.472 e. The summed E-state index contributed by atoms with van der Waals surface area (Å²) in [5.41, 5.74) is 2.18. The molecule has 0 aromatic heterocycles. The van der Waals surface area contributed by atoms with Crippen LogP contribution >= 0.6 is 0 Å². The Balaban J connectivity index is 1.67. The van der Waals surface area contributed by atoms with Gasteiger partial charge < -0.3 is 9.47 Å². The zero-order valence-electron chi connectivity index (χ0n) is 15.4. The Morgan fingerprint density at radius 2 is 1.34 bits per heavy atom. The zero-order chi connectivity index (χ0) is 20.5. The van der Waals surface area contributed by atoms with Crippen molar-refractivity contribution in [1.29, 1.82) is 0 Å². The van der Waals surface area contributed by atoms with E-state index in [9.17, 15) is 14.9 Å². The monoisotopic (exact) mass is 390 g/mol. The Morgan fingerprint density at radius 3 is 1.97 bits per heavy atom. The topological polar surface area (TPSA) is 91.0 Å². The van der Waals surface area contributed by atoms with Gasteiger partial charge in [-0.1, -0.05) is 48.5 Å². The lowest BCUT2D eigenvalue weighted by molar-refractivity contribution is -0.384.